The number of rotatable bonds is 5. The van der Waals surface area contributed by atoms with Gasteiger partial charge in [-0.25, -0.2) is 4.79 Å². The van der Waals surface area contributed by atoms with Crippen molar-refractivity contribution in [3.63, 3.8) is 0 Å². The van der Waals surface area contributed by atoms with Crippen LogP contribution < -0.4 is 15.3 Å². The lowest BCUT2D eigenvalue weighted by Crippen LogP contribution is -3.11. The maximum atomic E-state index is 12.0. The molecule has 5 heteroatoms. The van der Waals surface area contributed by atoms with Gasteiger partial charge in [-0.1, -0.05) is 0 Å². The molecule has 0 saturated carbocycles. The molecule has 1 atom stereocenters. The lowest BCUT2D eigenvalue weighted by Gasteiger charge is -2.17. The molecule has 128 valence electrons. The summed E-state index contributed by atoms with van der Waals surface area (Å²) < 4.78 is 11.2. The van der Waals surface area contributed by atoms with E-state index < -0.39 is 6.10 Å². The number of aliphatic hydroxyl groups excluding tert-OH is 1. The number of aryl methyl sites for hydroxylation is 1. The minimum atomic E-state index is -0.471. The number of ether oxygens (including phenoxy) is 1. The number of hydrogen-bond donors (Lipinski definition) is 2. The van der Waals surface area contributed by atoms with Crippen molar-refractivity contribution in [2.24, 2.45) is 0 Å². The number of nitrogens with one attached hydrogen (secondary N) is 1. The molecule has 5 nitrogen and oxygen atoms in total. The maximum absolute atomic E-state index is 12.0. The molecule has 4 rings (SSSR count). The fourth-order valence-electron chi connectivity index (χ4n) is 4.02. The van der Waals surface area contributed by atoms with Crippen molar-refractivity contribution >= 4 is 11.0 Å². The fourth-order valence-corrected chi connectivity index (χ4v) is 4.02. The zero-order chi connectivity index (χ0) is 16.5. The van der Waals surface area contributed by atoms with Gasteiger partial charge in [-0.2, -0.15) is 0 Å². The number of aliphatic hydroxyl groups is 1. The molecule has 0 radical (unpaired) electrons. The van der Waals surface area contributed by atoms with Crippen LogP contribution in [0.3, 0.4) is 0 Å². The Morgan fingerprint density at radius 3 is 2.79 bits per heavy atom. The van der Waals surface area contributed by atoms with Crippen LogP contribution in [-0.2, 0) is 12.8 Å². The van der Waals surface area contributed by atoms with Gasteiger partial charge in [0.1, 0.15) is 30.6 Å². The molecule has 0 bridgehead atoms. The van der Waals surface area contributed by atoms with Crippen LogP contribution in [0.1, 0.15) is 30.4 Å². The van der Waals surface area contributed by atoms with Crippen molar-refractivity contribution in [2.45, 2.75) is 38.2 Å². The standard InChI is InChI=1S/C19H23NO4/c21-13(11-20-8-1-2-9-20)12-23-14-6-7-16-15-4-3-5-17(15)19(22)24-18(16)10-14/h6-7,10,13,21H,1-5,8-9,11-12H2/p+1/t13-/m1/s1. The van der Waals surface area contributed by atoms with Gasteiger partial charge in [0.05, 0.1) is 13.1 Å². The summed E-state index contributed by atoms with van der Waals surface area (Å²) >= 11 is 0. The Bertz CT molecular complexity index is 792. The molecule has 2 N–H and O–H groups in total. The zero-order valence-electron chi connectivity index (χ0n) is 13.8. The summed E-state index contributed by atoms with van der Waals surface area (Å²) in [6.45, 7) is 3.28. The van der Waals surface area contributed by atoms with Gasteiger partial charge in [0.15, 0.2) is 0 Å². The van der Waals surface area contributed by atoms with Gasteiger partial charge in [0.25, 0.3) is 0 Å². The molecule has 0 amide bonds. The van der Waals surface area contributed by atoms with E-state index in [1.807, 2.05) is 12.1 Å². The number of fused-ring (bicyclic) bond motifs is 3. The van der Waals surface area contributed by atoms with Crippen molar-refractivity contribution in [1.82, 2.24) is 0 Å². The van der Waals surface area contributed by atoms with Crippen molar-refractivity contribution in [3.8, 4) is 5.75 Å². The molecule has 1 saturated heterocycles. The second-order valence-corrected chi connectivity index (χ2v) is 6.98. The summed E-state index contributed by atoms with van der Waals surface area (Å²) in [5, 5.41) is 11.1. The molecule has 1 aromatic carbocycles. The molecule has 1 aromatic heterocycles. The van der Waals surface area contributed by atoms with Crippen LogP contribution in [-0.4, -0.2) is 37.5 Å². The third-order valence-corrected chi connectivity index (χ3v) is 5.22. The van der Waals surface area contributed by atoms with Gasteiger partial charge in [0, 0.05) is 29.9 Å². The van der Waals surface area contributed by atoms with E-state index >= 15 is 0 Å². The van der Waals surface area contributed by atoms with Crippen LogP contribution in [0, 0.1) is 0 Å². The average Bonchev–Trinajstić information content (AvgIpc) is 3.24. The van der Waals surface area contributed by atoms with Gasteiger partial charge >= 0.3 is 5.63 Å². The summed E-state index contributed by atoms with van der Waals surface area (Å²) in [5.41, 5.74) is 2.33. The molecule has 0 spiro atoms. The van der Waals surface area contributed by atoms with Crippen molar-refractivity contribution in [1.29, 1.82) is 0 Å². The molecule has 24 heavy (non-hydrogen) atoms. The van der Waals surface area contributed by atoms with E-state index in [2.05, 4.69) is 0 Å². The fraction of sp³-hybridized carbons (Fsp3) is 0.526. The average molecular weight is 330 g/mol. The van der Waals surface area contributed by atoms with Crippen LogP contribution in [0.2, 0.25) is 0 Å². The summed E-state index contributed by atoms with van der Waals surface area (Å²) in [4.78, 5) is 13.5. The van der Waals surface area contributed by atoms with Gasteiger partial charge < -0.3 is 19.2 Å². The van der Waals surface area contributed by atoms with E-state index in [0.29, 0.717) is 11.3 Å². The topological polar surface area (TPSA) is 64.1 Å². The summed E-state index contributed by atoms with van der Waals surface area (Å²) in [5.74, 6) is 0.638. The first kappa shape index (κ1) is 15.7. The normalized spacial score (nSPS) is 18.9. The minimum Gasteiger partial charge on any atom is -0.491 e. The van der Waals surface area contributed by atoms with Crippen LogP contribution in [0.4, 0.5) is 0 Å². The summed E-state index contributed by atoms with van der Waals surface area (Å²) in [6, 6.07) is 5.64. The number of quaternary nitrogens is 1. The lowest BCUT2D eigenvalue weighted by molar-refractivity contribution is -0.890. The Morgan fingerprint density at radius 1 is 1.17 bits per heavy atom. The minimum absolute atomic E-state index is 0.218. The lowest BCUT2D eigenvalue weighted by atomic mass is 10.1. The van der Waals surface area contributed by atoms with E-state index in [-0.39, 0.29) is 12.2 Å². The highest BCUT2D eigenvalue weighted by Crippen LogP contribution is 2.29. The Kier molecular flexibility index (Phi) is 4.29. The van der Waals surface area contributed by atoms with E-state index in [4.69, 9.17) is 9.15 Å². The van der Waals surface area contributed by atoms with Gasteiger partial charge in [-0.05, 0) is 37.0 Å². The third-order valence-electron chi connectivity index (χ3n) is 5.22. The Hall–Kier alpha value is -1.85. The molecule has 2 aliphatic rings. The predicted molar refractivity (Wildman–Crippen MR) is 90.8 cm³/mol. The maximum Gasteiger partial charge on any atom is 0.339 e. The van der Waals surface area contributed by atoms with E-state index in [1.54, 1.807) is 6.07 Å². The second-order valence-electron chi connectivity index (χ2n) is 6.98. The highest BCUT2D eigenvalue weighted by Gasteiger charge is 2.21. The molecule has 1 fully saturated rings. The van der Waals surface area contributed by atoms with E-state index in [1.165, 1.54) is 17.7 Å². The Morgan fingerprint density at radius 2 is 1.96 bits per heavy atom. The van der Waals surface area contributed by atoms with E-state index in [9.17, 15) is 9.90 Å². The van der Waals surface area contributed by atoms with Crippen LogP contribution in [0.15, 0.2) is 27.4 Å². The Labute approximate surface area is 140 Å². The first-order chi connectivity index (χ1) is 11.7. The molecule has 1 aliphatic heterocycles. The first-order valence-corrected chi connectivity index (χ1v) is 8.94. The van der Waals surface area contributed by atoms with Gasteiger partial charge in [-0.15, -0.1) is 0 Å². The second kappa shape index (κ2) is 6.57. The van der Waals surface area contributed by atoms with E-state index in [0.717, 1.165) is 55.4 Å². The van der Waals surface area contributed by atoms with Crippen LogP contribution in [0.25, 0.3) is 11.0 Å². The van der Waals surface area contributed by atoms with Gasteiger partial charge in [0.2, 0.25) is 0 Å². The zero-order valence-corrected chi connectivity index (χ0v) is 13.8. The molecular formula is C19H24NO4+. The monoisotopic (exact) mass is 330 g/mol. The molecule has 2 heterocycles. The Balaban J connectivity index is 1.47. The predicted octanol–water partition coefficient (Wildman–Crippen LogP) is 0.700. The summed E-state index contributed by atoms with van der Waals surface area (Å²) in [6.07, 6.45) is 4.79. The smallest absolute Gasteiger partial charge is 0.339 e. The highest BCUT2D eigenvalue weighted by molar-refractivity contribution is 5.83. The van der Waals surface area contributed by atoms with Crippen LogP contribution >= 0.6 is 0 Å². The van der Waals surface area contributed by atoms with Crippen LogP contribution in [0.5, 0.6) is 5.75 Å². The number of hydrogen-bond acceptors (Lipinski definition) is 4. The molecule has 0 unspecified atom stereocenters. The van der Waals surface area contributed by atoms with Crippen molar-refractivity contribution < 1.29 is 19.2 Å². The molecule has 1 aliphatic carbocycles. The summed E-state index contributed by atoms with van der Waals surface area (Å²) in [7, 11) is 0. The first-order valence-electron chi connectivity index (χ1n) is 8.94. The van der Waals surface area contributed by atoms with Crippen molar-refractivity contribution in [3.05, 3.63) is 39.7 Å². The van der Waals surface area contributed by atoms with Crippen molar-refractivity contribution in [2.75, 3.05) is 26.2 Å². The highest BCUT2D eigenvalue weighted by atomic mass is 16.5. The number of likely N-dealkylation sites (tertiary alicyclic amines) is 1. The quantitative estimate of drug-likeness (QED) is 0.792. The molecular weight excluding hydrogens is 306 g/mol. The third kappa shape index (κ3) is 3.06. The largest absolute Gasteiger partial charge is 0.491 e. The number of benzene rings is 1. The van der Waals surface area contributed by atoms with Gasteiger partial charge in [-0.3, -0.25) is 0 Å². The SMILES string of the molecule is O=c1oc2cc(OC[C@H](O)C[NH+]3CCCC3)ccc2c2c1CCC2. The molecule has 2 aromatic rings.